The Hall–Kier alpha value is -3.19. The number of nitrogen functional groups attached to an aromatic ring is 1. The predicted molar refractivity (Wildman–Crippen MR) is 109 cm³/mol. The monoisotopic (exact) mass is 409 g/mol. The molecule has 0 aliphatic heterocycles. The van der Waals surface area contributed by atoms with Crippen LogP contribution < -0.4 is 5.73 Å². The molecule has 0 saturated carbocycles. The molecule has 4 aromatic rings. The van der Waals surface area contributed by atoms with Crippen molar-refractivity contribution in [3.63, 3.8) is 0 Å². The van der Waals surface area contributed by atoms with E-state index in [9.17, 15) is 9.50 Å². The number of phenolic OH excluding ortho intramolecular Hbond substituents is 1. The molecule has 29 heavy (non-hydrogen) atoms. The lowest BCUT2D eigenvalue weighted by atomic mass is 9.88. The lowest BCUT2D eigenvalue weighted by molar-refractivity contribution is 0.433. The average molecular weight is 410 g/mol. The third kappa shape index (κ3) is 2.81. The van der Waals surface area contributed by atoms with Crippen molar-refractivity contribution < 1.29 is 9.50 Å². The van der Waals surface area contributed by atoms with Crippen LogP contribution in [0.5, 0.6) is 5.75 Å². The van der Waals surface area contributed by atoms with Crippen LogP contribution >= 0.6 is 11.6 Å². The summed E-state index contributed by atoms with van der Waals surface area (Å²) in [5.74, 6) is -1.15. The number of aromatic nitrogens is 4. The largest absolute Gasteiger partial charge is 0.505 e. The smallest absolute Gasteiger partial charge is 0.183 e. The topological polar surface area (TPSA) is 89.8 Å². The van der Waals surface area contributed by atoms with E-state index in [0.29, 0.717) is 22.3 Å². The van der Waals surface area contributed by atoms with Gasteiger partial charge in [-0.15, -0.1) is 0 Å². The van der Waals surface area contributed by atoms with E-state index in [0.717, 1.165) is 19.3 Å². The van der Waals surface area contributed by atoms with Crippen LogP contribution in [0.4, 0.5) is 10.2 Å². The summed E-state index contributed by atoms with van der Waals surface area (Å²) in [6, 6.07) is 11.0. The summed E-state index contributed by atoms with van der Waals surface area (Å²) in [5, 5.41) is 15.1. The molecule has 0 amide bonds. The summed E-state index contributed by atoms with van der Waals surface area (Å²) in [5.41, 5.74) is 10.2. The van der Waals surface area contributed by atoms with Crippen molar-refractivity contribution in [2.45, 2.75) is 25.3 Å². The van der Waals surface area contributed by atoms with Crippen LogP contribution in [0.3, 0.4) is 0 Å². The van der Waals surface area contributed by atoms with Gasteiger partial charge in [0.25, 0.3) is 0 Å². The van der Waals surface area contributed by atoms with Crippen molar-refractivity contribution in [3.8, 4) is 17.0 Å². The van der Waals surface area contributed by atoms with Gasteiger partial charge in [0.2, 0.25) is 0 Å². The molecule has 8 heteroatoms. The van der Waals surface area contributed by atoms with Gasteiger partial charge in [-0.25, -0.2) is 19.0 Å². The highest BCUT2D eigenvalue weighted by Crippen LogP contribution is 2.39. The fourth-order valence-corrected chi connectivity index (χ4v) is 4.32. The van der Waals surface area contributed by atoms with Gasteiger partial charge < -0.3 is 10.8 Å². The molecule has 1 aliphatic rings. The van der Waals surface area contributed by atoms with Crippen molar-refractivity contribution in [3.05, 3.63) is 64.7 Å². The van der Waals surface area contributed by atoms with E-state index in [1.807, 2.05) is 16.8 Å². The minimum atomic E-state index is -0.871. The van der Waals surface area contributed by atoms with E-state index in [1.54, 1.807) is 0 Å². The van der Waals surface area contributed by atoms with E-state index >= 15 is 0 Å². The Bertz CT molecular complexity index is 1230. The molecule has 2 aromatic heterocycles. The molecule has 2 heterocycles. The molecule has 3 N–H and O–H groups in total. The number of aryl methyl sites for hydroxylation is 1. The molecule has 0 spiro atoms. The number of hydrogen-bond acceptors (Lipinski definition) is 5. The van der Waals surface area contributed by atoms with Gasteiger partial charge in [-0.3, -0.25) is 0 Å². The number of nitrogens with zero attached hydrogens (tertiary/aromatic N) is 4. The van der Waals surface area contributed by atoms with Gasteiger partial charge in [0.1, 0.15) is 17.8 Å². The lowest BCUT2D eigenvalue weighted by Gasteiger charge is -2.26. The SMILES string of the molecule is Nc1ncnc2c1c(-c1cc(O)c(F)c(Cl)c1)nn2C1CCCc2ccccc21. The van der Waals surface area contributed by atoms with Gasteiger partial charge in [0.15, 0.2) is 17.2 Å². The molecule has 6 nitrogen and oxygen atoms in total. The number of nitrogens with two attached hydrogens (primary N) is 1. The summed E-state index contributed by atoms with van der Waals surface area (Å²) in [4.78, 5) is 8.54. The van der Waals surface area contributed by atoms with Crippen LogP contribution in [0.25, 0.3) is 22.3 Å². The summed E-state index contributed by atoms with van der Waals surface area (Å²) in [6.07, 6.45) is 4.37. The third-order valence-electron chi connectivity index (χ3n) is 5.43. The molecule has 1 atom stereocenters. The predicted octanol–water partition coefficient (Wildman–Crippen LogP) is 4.50. The maximum Gasteiger partial charge on any atom is 0.183 e. The average Bonchev–Trinajstić information content (AvgIpc) is 3.12. The zero-order valence-corrected chi connectivity index (χ0v) is 16.1. The van der Waals surface area contributed by atoms with Crippen molar-refractivity contribution in [2.75, 3.05) is 5.73 Å². The molecule has 1 unspecified atom stereocenters. The molecule has 0 fully saturated rings. The lowest BCUT2D eigenvalue weighted by Crippen LogP contribution is -2.18. The molecular formula is C21H17ClFN5O. The number of phenols is 1. The van der Waals surface area contributed by atoms with Gasteiger partial charge in [-0.2, -0.15) is 5.10 Å². The van der Waals surface area contributed by atoms with Crippen molar-refractivity contribution >= 4 is 28.5 Å². The van der Waals surface area contributed by atoms with E-state index in [4.69, 9.17) is 22.4 Å². The van der Waals surface area contributed by atoms with Crippen molar-refractivity contribution in [2.24, 2.45) is 0 Å². The van der Waals surface area contributed by atoms with Gasteiger partial charge in [0, 0.05) is 5.56 Å². The van der Waals surface area contributed by atoms with E-state index in [-0.39, 0.29) is 16.9 Å². The summed E-state index contributed by atoms with van der Waals surface area (Å²) in [7, 11) is 0. The summed E-state index contributed by atoms with van der Waals surface area (Å²) >= 11 is 5.95. The number of anilines is 1. The van der Waals surface area contributed by atoms with Crippen LogP contribution in [-0.4, -0.2) is 24.9 Å². The Morgan fingerprint density at radius 2 is 2.03 bits per heavy atom. The Kier molecular flexibility index (Phi) is 4.13. The minimum absolute atomic E-state index is 0.00461. The first-order valence-electron chi connectivity index (χ1n) is 9.29. The normalized spacial score (nSPS) is 16.1. The number of halogens is 2. The van der Waals surface area contributed by atoms with Gasteiger partial charge in [-0.1, -0.05) is 35.9 Å². The van der Waals surface area contributed by atoms with Crippen LogP contribution in [-0.2, 0) is 6.42 Å². The highest BCUT2D eigenvalue weighted by molar-refractivity contribution is 6.31. The number of hydrogen-bond donors (Lipinski definition) is 2. The Labute approximate surface area is 170 Å². The molecular weight excluding hydrogens is 393 g/mol. The molecule has 146 valence electrons. The minimum Gasteiger partial charge on any atom is -0.505 e. The maximum absolute atomic E-state index is 13.8. The van der Waals surface area contributed by atoms with Crippen molar-refractivity contribution in [1.29, 1.82) is 0 Å². The second-order valence-corrected chi connectivity index (χ2v) is 7.56. The first kappa shape index (κ1) is 17.9. The van der Waals surface area contributed by atoms with Crippen LogP contribution in [0.1, 0.15) is 30.0 Å². The van der Waals surface area contributed by atoms with Crippen molar-refractivity contribution in [1.82, 2.24) is 19.7 Å². The zero-order valence-electron chi connectivity index (χ0n) is 15.3. The summed E-state index contributed by atoms with van der Waals surface area (Å²) < 4.78 is 15.7. The quantitative estimate of drug-likeness (QED) is 0.508. The Balaban J connectivity index is 1.77. The van der Waals surface area contributed by atoms with Crippen LogP contribution in [0.2, 0.25) is 5.02 Å². The number of rotatable bonds is 2. The first-order valence-corrected chi connectivity index (χ1v) is 9.67. The molecule has 0 bridgehead atoms. The second-order valence-electron chi connectivity index (χ2n) is 7.15. The highest BCUT2D eigenvalue weighted by Gasteiger charge is 2.27. The standard InChI is InChI=1S/C21H17ClFN5O/c22-14-8-12(9-16(29)18(14)23)19-17-20(24)25-10-26-21(17)28(27-19)15-7-3-5-11-4-1-2-6-13(11)15/h1-2,4,6,8-10,15,29H,3,5,7H2,(H2,24,25,26). The molecule has 1 aliphatic carbocycles. The third-order valence-corrected chi connectivity index (χ3v) is 5.71. The second kappa shape index (κ2) is 6.70. The highest BCUT2D eigenvalue weighted by atomic mass is 35.5. The first-order chi connectivity index (χ1) is 14.0. The van der Waals surface area contributed by atoms with Gasteiger partial charge >= 0.3 is 0 Å². The number of benzene rings is 2. The van der Waals surface area contributed by atoms with Crippen LogP contribution in [0, 0.1) is 5.82 Å². The molecule has 0 radical (unpaired) electrons. The van der Waals surface area contributed by atoms with E-state index in [2.05, 4.69) is 22.1 Å². The van der Waals surface area contributed by atoms with E-state index < -0.39 is 11.6 Å². The molecule has 5 rings (SSSR count). The Morgan fingerprint density at radius 3 is 2.86 bits per heavy atom. The number of fused-ring (bicyclic) bond motifs is 2. The van der Waals surface area contributed by atoms with E-state index in [1.165, 1.54) is 29.6 Å². The summed E-state index contributed by atoms with van der Waals surface area (Å²) in [6.45, 7) is 0. The molecule has 0 saturated heterocycles. The zero-order chi connectivity index (χ0) is 20.1. The van der Waals surface area contributed by atoms with Gasteiger partial charge in [-0.05, 0) is 42.5 Å². The Morgan fingerprint density at radius 1 is 1.21 bits per heavy atom. The fourth-order valence-electron chi connectivity index (χ4n) is 4.11. The fraction of sp³-hybridized carbons (Fsp3) is 0.190. The van der Waals surface area contributed by atoms with Crippen LogP contribution in [0.15, 0.2) is 42.7 Å². The number of aromatic hydroxyl groups is 1. The molecule has 2 aromatic carbocycles. The van der Waals surface area contributed by atoms with Gasteiger partial charge in [0.05, 0.1) is 16.5 Å². The maximum atomic E-state index is 13.8.